The van der Waals surface area contributed by atoms with Crippen LogP contribution in [0, 0.1) is 5.82 Å². The molecule has 1 aliphatic carbocycles. The Morgan fingerprint density at radius 3 is 2.62 bits per heavy atom. The monoisotopic (exact) mass is 500 g/mol. The number of carbonyl (C=O) groups is 2. The Bertz CT molecular complexity index is 1380. The van der Waals surface area contributed by atoms with Crippen molar-refractivity contribution < 1.29 is 19.1 Å². The maximum Gasteiger partial charge on any atom is 0.251 e. The van der Waals surface area contributed by atoms with Gasteiger partial charge in [0.2, 0.25) is 5.91 Å². The van der Waals surface area contributed by atoms with Gasteiger partial charge < -0.3 is 16.2 Å². The van der Waals surface area contributed by atoms with Gasteiger partial charge in [-0.2, -0.15) is 0 Å². The van der Waals surface area contributed by atoms with Crippen molar-refractivity contribution in [1.82, 2.24) is 10.2 Å². The molecule has 3 aromatic carbocycles. The second-order valence-corrected chi connectivity index (χ2v) is 9.65. The highest BCUT2D eigenvalue weighted by molar-refractivity contribution is 5.99. The number of halogens is 1. The van der Waals surface area contributed by atoms with Crippen molar-refractivity contribution in [3.05, 3.63) is 106 Å². The number of aliphatic hydroxyl groups excluding tert-OH is 1. The van der Waals surface area contributed by atoms with Crippen LogP contribution in [-0.2, 0) is 23.3 Å². The molecule has 2 amide bonds. The summed E-state index contributed by atoms with van der Waals surface area (Å²) >= 11 is 0. The number of aliphatic imine (C=N–C) groups is 1. The molecule has 0 unspecified atom stereocenters. The first kappa shape index (κ1) is 24.6. The molecule has 2 aliphatic rings. The van der Waals surface area contributed by atoms with E-state index in [1.165, 1.54) is 17.0 Å². The van der Waals surface area contributed by atoms with Crippen LogP contribution in [0.15, 0.2) is 77.8 Å². The maximum atomic E-state index is 14.6. The number of hydrogen-bond acceptors (Lipinski definition) is 5. The highest BCUT2D eigenvalue weighted by Crippen LogP contribution is 2.37. The Kier molecular flexibility index (Phi) is 6.52. The summed E-state index contributed by atoms with van der Waals surface area (Å²) in [5.41, 5.74) is 8.75. The summed E-state index contributed by atoms with van der Waals surface area (Å²) in [6.45, 7) is 1.94. The molecule has 1 heterocycles. The minimum absolute atomic E-state index is 0.0182. The van der Waals surface area contributed by atoms with E-state index in [0.717, 1.165) is 22.8 Å². The van der Waals surface area contributed by atoms with Gasteiger partial charge in [-0.05, 0) is 46.9 Å². The summed E-state index contributed by atoms with van der Waals surface area (Å²) < 4.78 is 14.6. The van der Waals surface area contributed by atoms with Gasteiger partial charge in [-0.25, -0.2) is 9.38 Å². The molecule has 0 aromatic heterocycles. The summed E-state index contributed by atoms with van der Waals surface area (Å²) in [6.07, 6.45) is 0.404. The smallest absolute Gasteiger partial charge is 0.251 e. The molecule has 5 rings (SSSR count). The fraction of sp³-hybridized carbons (Fsp3) is 0.276. The van der Waals surface area contributed by atoms with E-state index in [4.69, 9.17) is 10.7 Å². The summed E-state index contributed by atoms with van der Waals surface area (Å²) in [5.74, 6) is -1.29. The molecule has 0 radical (unpaired) electrons. The zero-order valence-corrected chi connectivity index (χ0v) is 20.5. The first-order valence-corrected chi connectivity index (χ1v) is 12.4. The van der Waals surface area contributed by atoms with Crippen molar-refractivity contribution in [1.29, 1.82) is 0 Å². The lowest BCUT2D eigenvalue weighted by Gasteiger charge is -2.37. The molecular weight excluding hydrogens is 471 g/mol. The Morgan fingerprint density at radius 1 is 1.16 bits per heavy atom. The first-order valence-electron chi connectivity index (χ1n) is 12.4. The number of amides is 2. The van der Waals surface area contributed by atoms with Gasteiger partial charge in [-0.1, -0.05) is 61.5 Å². The van der Waals surface area contributed by atoms with Crippen LogP contribution in [0.1, 0.15) is 58.4 Å². The molecule has 0 spiro atoms. The molecule has 3 aromatic rings. The van der Waals surface area contributed by atoms with E-state index in [9.17, 15) is 19.1 Å². The number of nitrogens with two attached hydrogens (primary N) is 1. The lowest BCUT2D eigenvalue weighted by molar-refractivity contribution is -0.130. The number of carbonyl (C=O) groups excluding carboxylic acids is 2. The van der Waals surface area contributed by atoms with Crippen molar-refractivity contribution in [2.24, 2.45) is 10.7 Å². The van der Waals surface area contributed by atoms with Crippen LogP contribution in [0.5, 0.6) is 0 Å². The van der Waals surface area contributed by atoms with Crippen molar-refractivity contribution in [2.45, 2.75) is 50.4 Å². The summed E-state index contributed by atoms with van der Waals surface area (Å²) in [4.78, 5) is 32.3. The SMILES string of the molecule is CC[C@]1(c2ccccc2)CC(=O)N(Cc2cc(F)cc(C(=O)N[C@@H]3c4ccccc4C[C@H]3O)c2)C(N)=N1. The third-order valence-electron chi connectivity index (χ3n) is 7.30. The Balaban J connectivity index is 1.37. The van der Waals surface area contributed by atoms with E-state index in [1.54, 1.807) is 0 Å². The van der Waals surface area contributed by atoms with Crippen LogP contribution >= 0.6 is 0 Å². The lowest BCUT2D eigenvalue weighted by Crippen LogP contribution is -2.50. The molecule has 7 nitrogen and oxygen atoms in total. The van der Waals surface area contributed by atoms with Gasteiger partial charge in [0.05, 0.1) is 30.7 Å². The van der Waals surface area contributed by atoms with Crippen molar-refractivity contribution in [2.75, 3.05) is 0 Å². The lowest BCUT2D eigenvalue weighted by atomic mass is 9.83. The van der Waals surface area contributed by atoms with Crippen LogP contribution in [0.2, 0.25) is 0 Å². The summed E-state index contributed by atoms with van der Waals surface area (Å²) in [6, 6.07) is 20.4. The van der Waals surface area contributed by atoms with Crippen molar-refractivity contribution in [3.8, 4) is 0 Å². The van der Waals surface area contributed by atoms with E-state index in [0.29, 0.717) is 18.4 Å². The highest BCUT2D eigenvalue weighted by Gasteiger charge is 2.40. The molecule has 0 saturated heterocycles. The third kappa shape index (κ3) is 4.72. The van der Waals surface area contributed by atoms with Crippen molar-refractivity contribution >= 4 is 17.8 Å². The molecule has 1 aliphatic heterocycles. The second kappa shape index (κ2) is 9.78. The number of nitrogens with zero attached hydrogens (tertiary/aromatic N) is 2. The van der Waals surface area contributed by atoms with Gasteiger partial charge in [0, 0.05) is 12.0 Å². The predicted molar refractivity (Wildman–Crippen MR) is 138 cm³/mol. The minimum atomic E-state index is -0.764. The van der Waals surface area contributed by atoms with E-state index in [2.05, 4.69) is 5.32 Å². The third-order valence-corrected chi connectivity index (χ3v) is 7.30. The van der Waals surface area contributed by atoms with Crippen LogP contribution in [0.25, 0.3) is 0 Å². The molecule has 0 fully saturated rings. The van der Waals surface area contributed by atoms with Gasteiger partial charge >= 0.3 is 0 Å². The number of hydrogen-bond donors (Lipinski definition) is 3. The normalized spacial score (nSPS) is 22.9. The summed E-state index contributed by atoms with van der Waals surface area (Å²) in [7, 11) is 0. The number of rotatable bonds is 6. The number of aliphatic hydroxyl groups is 1. The zero-order chi connectivity index (χ0) is 26.2. The standard InChI is InChI=1S/C29H29FN4O3/c1-2-29(21-9-4-3-5-10-21)16-25(36)34(28(31)33-29)17-18-12-20(14-22(30)13-18)27(37)32-26-23-11-7-6-8-19(23)15-24(26)35/h3-14,24,26,35H,2,15-17H2,1H3,(H2,31,33)(H,32,37)/t24-,26-,29-/m1/s1. The topological polar surface area (TPSA) is 108 Å². The van der Waals surface area contributed by atoms with E-state index < -0.39 is 29.4 Å². The Labute approximate surface area is 214 Å². The second-order valence-electron chi connectivity index (χ2n) is 9.65. The molecule has 37 heavy (non-hydrogen) atoms. The van der Waals surface area contributed by atoms with Gasteiger partial charge in [0.1, 0.15) is 5.82 Å². The van der Waals surface area contributed by atoms with Gasteiger partial charge in [-0.15, -0.1) is 0 Å². The van der Waals surface area contributed by atoms with Gasteiger partial charge in [0.15, 0.2) is 5.96 Å². The number of benzene rings is 3. The zero-order valence-electron chi connectivity index (χ0n) is 20.5. The molecule has 8 heteroatoms. The molecule has 190 valence electrons. The van der Waals surface area contributed by atoms with Gasteiger partial charge in [-0.3, -0.25) is 14.5 Å². The fourth-order valence-corrected chi connectivity index (χ4v) is 5.31. The number of nitrogens with one attached hydrogen (secondary N) is 1. The molecule has 3 atom stereocenters. The maximum absolute atomic E-state index is 14.6. The summed E-state index contributed by atoms with van der Waals surface area (Å²) in [5, 5.41) is 13.3. The van der Waals surface area contributed by atoms with Gasteiger partial charge in [0.25, 0.3) is 5.91 Å². The van der Waals surface area contributed by atoms with Crippen molar-refractivity contribution in [3.63, 3.8) is 0 Å². The Morgan fingerprint density at radius 2 is 1.89 bits per heavy atom. The highest BCUT2D eigenvalue weighted by atomic mass is 19.1. The van der Waals surface area contributed by atoms with E-state index >= 15 is 0 Å². The van der Waals surface area contributed by atoms with Crippen LogP contribution in [0.4, 0.5) is 4.39 Å². The van der Waals surface area contributed by atoms with E-state index in [-0.39, 0.29) is 30.4 Å². The van der Waals surface area contributed by atoms with E-state index in [1.807, 2.05) is 61.5 Å². The number of fused-ring (bicyclic) bond motifs is 1. The average molecular weight is 501 g/mol. The molecule has 0 bridgehead atoms. The fourth-order valence-electron chi connectivity index (χ4n) is 5.31. The largest absolute Gasteiger partial charge is 0.390 e. The molecular formula is C29H29FN4O3. The quantitative estimate of drug-likeness (QED) is 0.481. The van der Waals surface area contributed by atoms with Crippen LogP contribution < -0.4 is 11.1 Å². The first-order chi connectivity index (χ1) is 17.8. The average Bonchev–Trinajstić information content (AvgIpc) is 3.21. The Hall–Kier alpha value is -4.04. The van der Waals surface area contributed by atoms with Crippen LogP contribution in [0.3, 0.4) is 0 Å². The molecule has 0 saturated carbocycles. The number of guanidine groups is 1. The molecule has 4 N–H and O–H groups in total. The van der Waals surface area contributed by atoms with Crippen LogP contribution in [-0.4, -0.2) is 33.9 Å². The minimum Gasteiger partial charge on any atom is -0.390 e. The predicted octanol–water partition coefficient (Wildman–Crippen LogP) is 3.57.